The van der Waals surface area contributed by atoms with Crippen LogP contribution >= 0.6 is 0 Å². The maximum absolute atomic E-state index is 13.2. The van der Waals surface area contributed by atoms with E-state index in [1.54, 1.807) is 0 Å². The lowest BCUT2D eigenvalue weighted by molar-refractivity contribution is -0.182. The standard InChI is InChI=1S/C12H23F3N4O4S/c1-18(6-3-11(20)23-2)24(21,22)17-9-10(12(13,14)15)19-7-4-16-5-8-19/h10,16-17H,3-9H2,1-2H3. The molecule has 142 valence electrons. The molecule has 1 unspecified atom stereocenters. The van der Waals surface area contributed by atoms with E-state index < -0.39 is 34.9 Å². The van der Waals surface area contributed by atoms with Gasteiger partial charge in [0, 0.05) is 46.3 Å². The van der Waals surface area contributed by atoms with Gasteiger partial charge in [0.2, 0.25) is 0 Å². The largest absolute Gasteiger partial charge is 0.469 e. The van der Waals surface area contributed by atoms with Crippen molar-refractivity contribution in [3.8, 4) is 0 Å². The van der Waals surface area contributed by atoms with Gasteiger partial charge in [-0.3, -0.25) is 9.69 Å². The summed E-state index contributed by atoms with van der Waals surface area (Å²) in [6, 6.07) is -1.90. The van der Waals surface area contributed by atoms with Crippen molar-refractivity contribution in [1.29, 1.82) is 0 Å². The summed E-state index contributed by atoms with van der Waals surface area (Å²) in [7, 11) is -1.78. The number of rotatable bonds is 8. The van der Waals surface area contributed by atoms with Crippen molar-refractivity contribution < 1.29 is 31.1 Å². The van der Waals surface area contributed by atoms with E-state index in [1.165, 1.54) is 11.9 Å². The topological polar surface area (TPSA) is 91.0 Å². The molecule has 1 aliphatic heterocycles. The van der Waals surface area contributed by atoms with Gasteiger partial charge in [-0.2, -0.15) is 25.9 Å². The lowest BCUT2D eigenvalue weighted by atomic mass is 10.2. The van der Waals surface area contributed by atoms with Gasteiger partial charge >= 0.3 is 12.1 Å². The molecule has 8 nitrogen and oxygen atoms in total. The second-order valence-corrected chi connectivity index (χ2v) is 7.21. The number of methoxy groups -OCH3 is 1. The molecular formula is C12H23F3N4O4S. The minimum atomic E-state index is -4.55. The highest BCUT2D eigenvalue weighted by atomic mass is 32.2. The predicted molar refractivity (Wildman–Crippen MR) is 80.5 cm³/mol. The molecule has 0 aliphatic carbocycles. The van der Waals surface area contributed by atoms with Crippen LogP contribution < -0.4 is 10.0 Å². The molecule has 1 saturated heterocycles. The van der Waals surface area contributed by atoms with Crippen molar-refractivity contribution in [2.24, 2.45) is 0 Å². The number of carbonyl (C=O) groups is 1. The van der Waals surface area contributed by atoms with Gasteiger partial charge in [0.15, 0.2) is 0 Å². The van der Waals surface area contributed by atoms with E-state index in [1.807, 2.05) is 4.72 Å². The average molecular weight is 376 g/mol. The van der Waals surface area contributed by atoms with Crippen LogP contribution in [0.1, 0.15) is 6.42 Å². The lowest BCUT2D eigenvalue weighted by Gasteiger charge is -2.36. The molecule has 0 amide bonds. The molecule has 0 aromatic heterocycles. The molecule has 0 aromatic carbocycles. The Bertz CT molecular complexity index is 509. The molecule has 0 aromatic rings. The summed E-state index contributed by atoms with van der Waals surface area (Å²) >= 11 is 0. The molecular weight excluding hydrogens is 353 g/mol. The fourth-order valence-electron chi connectivity index (χ4n) is 2.21. The Labute approximate surface area is 139 Å². The third kappa shape index (κ3) is 6.51. The summed E-state index contributed by atoms with van der Waals surface area (Å²) in [5.41, 5.74) is 0. The molecule has 0 bridgehead atoms. The SMILES string of the molecule is COC(=O)CCN(C)S(=O)(=O)NCC(N1CCNCC1)C(F)(F)F. The number of ether oxygens (including phenoxy) is 1. The van der Waals surface area contributed by atoms with Crippen LogP contribution in [0.15, 0.2) is 0 Å². The fraction of sp³-hybridized carbons (Fsp3) is 0.917. The summed E-state index contributed by atoms with van der Waals surface area (Å²) in [5, 5.41) is 2.94. The number of alkyl halides is 3. The van der Waals surface area contributed by atoms with Crippen LogP contribution in [0.4, 0.5) is 13.2 Å². The molecule has 1 heterocycles. The van der Waals surface area contributed by atoms with Crippen LogP contribution in [0.3, 0.4) is 0 Å². The highest BCUT2D eigenvalue weighted by molar-refractivity contribution is 7.87. The quantitative estimate of drug-likeness (QED) is 0.537. The number of hydrogen-bond acceptors (Lipinski definition) is 6. The Morgan fingerprint density at radius 2 is 1.96 bits per heavy atom. The Balaban J connectivity index is 2.65. The molecule has 0 radical (unpaired) electrons. The number of halogens is 3. The normalized spacial score (nSPS) is 18.6. The van der Waals surface area contributed by atoms with Crippen molar-refractivity contribution in [3.05, 3.63) is 0 Å². The summed E-state index contributed by atoms with van der Waals surface area (Å²) in [5.74, 6) is -0.606. The minimum Gasteiger partial charge on any atom is -0.469 e. The minimum absolute atomic E-state index is 0.185. The van der Waals surface area contributed by atoms with E-state index in [2.05, 4.69) is 10.1 Å². The van der Waals surface area contributed by atoms with Crippen LogP contribution in [0.2, 0.25) is 0 Å². The third-order valence-corrected chi connectivity index (χ3v) is 5.23. The molecule has 12 heteroatoms. The summed E-state index contributed by atoms with van der Waals surface area (Å²) in [4.78, 5) is 12.2. The van der Waals surface area contributed by atoms with E-state index in [4.69, 9.17) is 0 Å². The Hall–Kier alpha value is -0.950. The smallest absolute Gasteiger partial charge is 0.405 e. The molecule has 0 saturated carbocycles. The van der Waals surface area contributed by atoms with Crippen molar-refractivity contribution in [2.45, 2.75) is 18.6 Å². The summed E-state index contributed by atoms with van der Waals surface area (Å²) < 4.78 is 70.8. The molecule has 1 fully saturated rings. The molecule has 1 atom stereocenters. The van der Waals surface area contributed by atoms with Gasteiger partial charge in [-0.1, -0.05) is 0 Å². The second-order valence-electron chi connectivity index (χ2n) is 5.34. The van der Waals surface area contributed by atoms with Gasteiger partial charge < -0.3 is 10.1 Å². The highest BCUT2D eigenvalue weighted by Gasteiger charge is 2.44. The fourth-order valence-corrected chi connectivity index (χ4v) is 3.13. The highest BCUT2D eigenvalue weighted by Crippen LogP contribution is 2.25. The first-order valence-electron chi connectivity index (χ1n) is 7.37. The van der Waals surface area contributed by atoms with Crippen molar-refractivity contribution >= 4 is 16.2 Å². The molecule has 2 N–H and O–H groups in total. The number of esters is 1. The summed E-state index contributed by atoms with van der Waals surface area (Å²) in [6.07, 6.45) is -4.74. The van der Waals surface area contributed by atoms with Crippen molar-refractivity contribution in [1.82, 2.24) is 19.2 Å². The second kappa shape index (κ2) is 8.94. The first-order valence-corrected chi connectivity index (χ1v) is 8.81. The zero-order chi connectivity index (χ0) is 18.4. The number of carbonyl (C=O) groups excluding carboxylic acids is 1. The van der Waals surface area contributed by atoms with Gasteiger partial charge in [0.05, 0.1) is 13.5 Å². The van der Waals surface area contributed by atoms with Crippen LogP contribution in [0, 0.1) is 0 Å². The van der Waals surface area contributed by atoms with Crippen LogP contribution in [-0.2, 0) is 19.7 Å². The van der Waals surface area contributed by atoms with E-state index in [9.17, 15) is 26.4 Å². The predicted octanol–water partition coefficient (Wildman–Crippen LogP) is -0.848. The first-order chi connectivity index (χ1) is 11.1. The zero-order valence-electron chi connectivity index (χ0n) is 13.6. The molecule has 24 heavy (non-hydrogen) atoms. The van der Waals surface area contributed by atoms with Gasteiger partial charge in [-0.15, -0.1) is 0 Å². The number of nitrogens with zero attached hydrogens (tertiary/aromatic N) is 2. The van der Waals surface area contributed by atoms with Crippen molar-refractivity contribution in [3.63, 3.8) is 0 Å². The monoisotopic (exact) mass is 376 g/mol. The maximum atomic E-state index is 13.2. The van der Waals surface area contributed by atoms with Gasteiger partial charge in [-0.05, 0) is 0 Å². The number of hydrogen-bond donors (Lipinski definition) is 2. The van der Waals surface area contributed by atoms with Crippen molar-refractivity contribution in [2.75, 3.05) is 53.4 Å². The molecule has 0 spiro atoms. The Morgan fingerprint density at radius 1 is 1.38 bits per heavy atom. The average Bonchev–Trinajstić information content (AvgIpc) is 2.51. The maximum Gasteiger partial charge on any atom is 0.405 e. The number of piperazine rings is 1. The van der Waals surface area contributed by atoms with E-state index >= 15 is 0 Å². The molecule has 1 rings (SSSR count). The summed E-state index contributed by atoms with van der Waals surface area (Å²) in [6.45, 7) is 0.228. The van der Waals surface area contributed by atoms with E-state index in [0.717, 1.165) is 11.4 Å². The van der Waals surface area contributed by atoms with Gasteiger partial charge in [-0.25, -0.2) is 4.72 Å². The Morgan fingerprint density at radius 3 is 2.46 bits per heavy atom. The van der Waals surface area contributed by atoms with Crippen LogP contribution in [-0.4, -0.2) is 89.2 Å². The van der Waals surface area contributed by atoms with Crippen LogP contribution in [0.5, 0.6) is 0 Å². The van der Waals surface area contributed by atoms with E-state index in [-0.39, 0.29) is 26.1 Å². The van der Waals surface area contributed by atoms with Gasteiger partial charge in [0.25, 0.3) is 10.2 Å². The van der Waals surface area contributed by atoms with E-state index in [0.29, 0.717) is 13.1 Å². The van der Waals surface area contributed by atoms with Crippen LogP contribution in [0.25, 0.3) is 0 Å². The Kier molecular flexibility index (Phi) is 7.86. The third-order valence-electron chi connectivity index (χ3n) is 3.70. The first kappa shape index (κ1) is 21.1. The zero-order valence-corrected chi connectivity index (χ0v) is 14.4. The lowest BCUT2D eigenvalue weighted by Crippen LogP contribution is -2.58. The number of nitrogens with one attached hydrogen (secondary N) is 2. The molecule has 1 aliphatic rings. The van der Waals surface area contributed by atoms with Gasteiger partial charge in [0.1, 0.15) is 6.04 Å².